The molecule has 1 aromatic rings. The Morgan fingerprint density at radius 3 is 2.13 bits per heavy atom. The first-order chi connectivity index (χ1) is 9.97. The van der Waals surface area contributed by atoms with Gasteiger partial charge in [-0.3, -0.25) is 4.79 Å². The maximum Gasteiger partial charge on any atom is 0.257 e. The Labute approximate surface area is 146 Å². The molecule has 0 atom stereocenters. The molecule has 0 unspecified atom stereocenters. The second kappa shape index (κ2) is 12.2. The molecular formula is C17H31ClN2O3. The van der Waals surface area contributed by atoms with Crippen LogP contribution in [0.3, 0.4) is 0 Å². The van der Waals surface area contributed by atoms with E-state index >= 15 is 0 Å². The zero-order valence-corrected chi connectivity index (χ0v) is 15.7. The van der Waals surface area contributed by atoms with Crippen LogP contribution in [0, 0.1) is 20.8 Å². The maximum absolute atomic E-state index is 11.8. The zero-order valence-electron chi connectivity index (χ0n) is 14.9. The van der Waals surface area contributed by atoms with Crippen LogP contribution in [-0.4, -0.2) is 49.1 Å². The number of nitrogens with one attached hydrogen (secondary N) is 1. The van der Waals surface area contributed by atoms with Gasteiger partial charge in [0, 0.05) is 13.1 Å². The largest absolute Gasteiger partial charge is 0.483 e. The molecule has 5 nitrogen and oxygen atoms in total. The molecule has 134 valence electrons. The fraction of sp³-hybridized carbons (Fsp3) is 0.588. The quantitative estimate of drug-likeness (QED) is 0.782. The second-order valence-corrected chi connectivity index (χ2v) is 5.39. The topological polar surface area (TPSA) is 73.1 Å². The Bertz CT molecular complexity index is 454. The lowest BCUT2D eigenvalue weighted by molar-refractivity contribution is -0.123. The van der Waals surface area contributed by atoms with Crippen LogP contribution in [0.4, 0.5) is 0 Å². The molecule has 0 aliphatic heterocycles. The number of hydrogen-bond donors (Lipinski definition) is 1. The summed E-state index contributed by atoms with van der Waals surface area (Å²) in [5.74, 6) is 0.751. The normalized spacial score (nSPS) is 9.83. The molecule has 6 heteroatoms. The number of aryl methyl sites for hydroxylation is 3. The van der Waals surface area contributed by atoms with E-state index in [-0.39, 0.29) is 30.4 Å². The first-order valence-corrected chi connectivity index (χ1v) is 7.67. The number of benzene rings is 1. The van der Waals surface area contributed by atoms with Crippen molar-refractivity contribution in [2.45, 2.75) is 34.6 Å². The molecular weight excluding hydrogens is 316 g/mol. The Hall–Kier alpha value is -1.30. The highest BCUT2D eigenvalue weighted by atomic mass is 35.5. The van der Waals surface area contributed by atoms with Crippen LogP contribution in [0.5, 0.6) is 5.75 Å². The Morgan fingerprint density at radius 2 is 1.65 bits per heavy atom. The van der Waals surface area contributed by atoms with Gasteiger partial charge in [0.25, 0.3) is 5.91 Å². The molecule has 1 aromatic carbocycles. The molecule has 0 bridgehead atoms. The molecule has 1 amide bonds. The van der Waals surface area contributed by atoms with E-state index in [0.29, 0.717) is 6.54 Å². The van der Waals surface area contributed by atoms with Crippen molar-refractivity contribution >= 4 is 18.3 Å². The molecule has 1 rings (SSSR count). The highest BCUT2D eigenvalue weighted by Gasteiger charge is 2.08. The summed E-state index contributed by atoms with van der Waals surface area (Å²) < 4.78 is 5.67. The Kier molecular flexibility index (Phi) is 12.7. The third kappa shape index (κ3) is 8.21. The number of carbonyl (C=O) groups is 1. The van der Waals surface area contributed by atoms with E-state index in [9.17, 15) is 4.79 Å². The monoisotopic (exact) mass is 346 g/mol. The lowest BCUT2D eigenvalue weighted by Crippen LogP contribution is -2.36. The molecule has 23 heavy (non-hydrogen) atoms. The molecule has 0 aliphatic rings. The van der Waals surface area contributed by atoms with Gasteiger partial charge < -0.3 is 20.4 Å². The van der Waals surface area contributed by atoms with Crippen LogP contribution in [-0.2, 0) is 4.79 Å². The van der Waals surface area contributed by atoms with Gasteiger partial charge in [-0.1, -0.05) is 31.5 Å². The second-order valence-electron chi connectivity index (χ2n) is 5.39. The standard InChI is InChI=1S/C17H28N2O2.ClH.H2O/c1-6-19(7-2)9-8-18-16(20)12-21-17-14(4)10-13(3)11-15(17)5;;/h10-11H,6-9,12H2,1-5H3,(H,18,20);1H;1H2. The molecule has 0 spiro atoms. The van der Waals surface area contributed by atoms with Crippen molar-refractivity contribution in [1.82, 2.24) is 10.2 Å². The van der Waals surface area contributed by atoms with Gasteiger partial charge in [-0.2, -0.15) is 0 Å². The highest BCUT2D eigenvalue weighted by molar-refractivity contribution is 5.85. The van der Waals surface area contributed by atoms with E-state index < -0.39 is 0 Å². The molecule has 0 heterocycles. The SMILES string of the molecule is CCN(CC)CCNC(=O)COc1c(C)cc(C)cc1C.Cl.O. The third-order valence-corrected chi connectivity index (χ3v) is 3.60. The predicted molar refractivity (Wildman–Crippen MR) is 97.8 cm³/mol. The average molecular weight is 347 g/mol. The summed E-state index contributed by atoms with van der Waals surface area (Å²) in [6.45, 7) is 13.9. The van der Waals surface area contributed by atoms with Gasteiger partial charge in [-0.05, 0) is 45.0 Å². The van der Waals surface area contributed by atoms with Crippen molar-refractivity contribution in [3.05, 3.63) is 28.8 Å². The van der Waals surface area contributed by atoms with Gasteiger partial charge in [0.15, 0.2) is 6.61 Å². The van der Waals surface area contributed by atoms with E-state index in [1.807, 2.05) is 13.8 Å². The summed E-state index contributed by atoms with van der Waals surface area (Å²) in [4.78, 5) is 14.1. The summed E-state index contributed by atoms with van der Waals surface area (Å²) in [5.41, 5.74) is 3.35. The molecule has 0 saturated carbocycles. The maximum atomic E-state index is 11.8. The minimum Gasteiger partial charge on any atom is -0.483 e. The number of likely N-dealkylation sites (N-methyl/N-ethyl adjacent to an activating group) is 1. The number of halogens is 1. The molecule has 3 N–H and O–H groups in total. The van der Waals surface area contributed by atoms with Crippen molar-refractivity contribution in [3.8, 4) is 5.75 Å². The lowest BCUT2D eigenvalue weighted by Gasteiger charge is -2.18. The average Bonchev–Trinajstić information content (AvgIpc) is 2.42. The highest BCUT2D eigenvalue weighted by Crippen LogP contribution is 2.24. The van der Waals surface area contributed by atoms with E-state index in [4.69, 9.17) is 4.74 Å². The predicted octanol–water partition coefficient (Wildman–Crippen LogP) is 2.05. The summed E-state index contributed by atoms with van der Waals surface area (Å²) in [7, 11) is 0. The van der Waals surface area contributed by atoms with Gasteiger partial charge in [0.05, 0.1) is 0 Å². The number of amides is 1. The van der Waals surface area contributed by atoms with Gasteiger partial charge in [0.2, 0.25) is 0 Å². The number of carbonyl (C=O) groups excluding carboxylic acids is 1. The molecule has 0 aliphatic carbocycles. The van der Waals surface area contributed by atoms with E-state index in [2.05, 4.69) is 43.1 Å². The number of nitrogens with zero attached hydrogens (tertiary/aromatic N) is 1. The molecule has 0 aromatic heterocycles. The minimum atomic E-state index is -0.0680. The van der Waals surface area contributed by atoms with Crippen LogP contribution < -0.4 is 10.1 Å². The summed E-state index contributed by atoms with van der Waals surface area (Å²) >= 11 is 0. The van der Waals surface area contributed by atoms with Gasteiger partial charge in [-0.15, -0.1) is 12.4 Å². The smallest absolute Gasteiger partial charge is 0.257 e. The van der Waals surface area contributed by atoms with Crippen LogP contribution in [0.2, 0.25) is 0 Å². The molecule has 0 radical (unpaired) electrons. The van der Waals surface area contributed by atoms with E-state index in [1.165, 1.54) is 5.56 Å². The van der Waals surface area contributed by atoms with Crippen molar-refractivity contribution in [1.29, 1.82) is 0 Å². The molecule has 0 fully saturated rings. The third-order valence-electron chi connectivity index (χ3n) is 3.60. The lowest BCUT2D eigenvalue weighted by atomic mass is 10.1. The van der Waals surface area contributed by atoms with Crippen LogP contribution >= 0.6 is 12.4 Å². The van der Waals surface area contributed by atoms with Crippen molar-refractivity contribution in [2.24, 2.45) is 0 Å². The number of rotatable bonds is 8. The molecule has 0 saturated heterocycles. The summed E-state index contributed by atoms with van der Waals surface area (Å²) in [6, 6.07) is 4.14. The first kappa shape index (κ1) is 24.0. The van der Waals surface area contributed by atoms with Crippen LogP contribution in [0.1, 0.15) is 30.5 Å². The van der Waals surface area contributed by atoms with E-state index in [0.717, 1.165) is 36.5 Å². The van der Waals surface area contributed by atoms with Gasteiger partial charge in [-0.25, -0.2) is 0 Å². The van der Waals surface area contributed by atoms with Gasteiger partial charge >= 0.3 is 0 Å². The Balaban J connectivity index is 0. The number of ether oxygens (including phenoxy) is 1. The van der Waals surface area contributed by atoms with Crippen LogP contribution in [0.15, 0.2) is 12.1 Å². The fourth-order valence-electron chi connectivity index (χ4n) is 2.48. The van der Waals surface area contributed by atoms with Crippen molar-refractivity contribution < 1.29 is 15.0 Å². The Morgan fingerprint density at radius 1 is 1.13 bits per heavy atom. The minimum absolute atomic E-state index is 0. The van der Waals surface area contributed by atoms with Crippen molar-refractivity contribution in [2.75, 3.05) is 32.8 Å². The summed E-state index contributed by atoms with van der Waals surface area (Å²) in [5, 5.41) is 2.90. The first-order valence-electron chi connectivity index (χ1n) is 7.67. The summed E-state index contributed by atoms with van der Waals surface area (Å²) in [6.07, 6.45) is 0. The van der Waals surface area contributed by atoms with Crippen LogP contribution in [0.25, 0.3) is 0 Å². The number of hydrogen-bond acceptors (Lipinski definition) is 3. The fourth-order valence-corrected chi connectivity index (χ4v) is 2.48. The van der Waals surface area contributed by atoms with Crippen molar-refractivity contribution in [3.63, 3.8) is 0 Å². The van der Waals surface area contributed by atoms with Gasteiger partial charge in [0.1, 0.15) is 5.75 Å². The zero-order chi connectivity index (χ0) is 15.8. The van der Waals surface area contributed by atoms with E-state index in [1.54, 1.807) is 0 Å².